The van der Waals surface area contributed by atoms with Crippen molar-refractivity contribution in [2.45, 2.75) is 141 Å². The summed E-state index contributed by atoms with van der Waals surface area (Å²) in [5, 5.41) is 7.66. The molecule has 0 bridgehead atoms. The van der Waals surface area contributed by atoms with Crippen LogP contribution in [0.1, 0.15) is 158 Å². The first kappa shape index (κ1) is 51.4. The van der Waals surface area contributed by atoms with E-state index in [1.807, 2.05) is 195 Å². The van der Waals surface area contributed by atoms with Crippen molar-refractivity contribution in [1.29, 1.82) is 0 Å². The second-order valence-electron chi connectivity index (χ2n) is 26.8. The highest BCUT2D eigenvalue weighted by Crippen LogP contribution is 2.41. The van der Waals surface area contributed by atoms with Gasteiger partial charge in [-0.3, -0.25) is 0 Å². The molecular formula is C90H96N8O4+4. The lowest BCUT2D eigenvalue weighted by molar-refractivity contribution is -0.660. The molecule has 0 saturated heterocycles. The van der Waals surface area contributed by atoms with E-state index < -0.39 is 46.0 Å². The molecule has 16 aromatic rings. The number of aromatic nitrogens is 8. The Labute approximate surface area is 622 Å². The third-order valence-corrected chi connectivity index (χ3v) is 19.1. The van der Waals surface area contributed by atoms with E-state index >= 15 is 0 Å². The summed E-state index contributed by atoms with van der Waals surface area (Å²) >= 11 is 0. The standard InChI is InChI=1S/C24H27N2O.C23H25N2O.C22H23N2O.C21H21N2O/c1-6-17-8-12-21(26(5)14-17)22-16(4)7-10-19-20-11-9-18(13-15(2)3)25-24(20)27-23(19)22;1-6-16-8-12-20(25(5)13-16)21-15(4)7-9-17-18-10-11-19(14(2)3)24-23(18)26-22(17)21;1-5-15-8-12-19(24(4)13-15)20-14(3)7-10-17-18-11-9-16(6-2)23-22(18)25-21(17)20;1-5-15-8-11-18(23(4)12-15)19-13(2)6-9-16-17-10-7-14(3)22-21(17)24-20(16)19/h7-12,14-15H,6,13H2,1-5H3;7-14H,6H2,1-5H3;7-13H,5-6H2,1-4H3;6-12H,5H2,1-4H3/q4*+1/i1D3,2D3,15D;1D3,14D;2*1D3. The van der Waals surface area contributed by atoms with Crippen LogP contribution >= 0.6 is 0 Å². The highest BCUT2D eigenvalue weighted by molar-refractivity contribution is 6.12. The van der Waals surface area contributed by atoms with Gasteiger partial charge in [-0.1, -0.05) is 110 Å². The maximum absolute atomic E-state index is 8.26. The Kier molecular flexibility index (Phi) is 14.7. The normalized spacial score (nSPS) is 15.4. The molecule has 516 valence electrons. The van der Waals surface area contributed by atoms with Gasteiger partial charge in [0.25, 0.3) is 0 Å². The van der Waals surface area contributed by atoms with Crippen LogP contribution in [-0.2, 0) is 66.7 Å². The first-order valence-corrected chi connectivity index (χ1v) is 34.3. The van der Waals surface area contributed by atoms with Gasteiger partial charge in [0.15, 0.2) is 47.1 Å². The molecule has 16 rings (SSSR count). The van der Waals surface area contributed by atoms with E-state index in [9.17, 15) is 0 Å². The average molecular weight is 1370 g/mol. The zero-order chi connectivity index (χ0) is 86.3. The van der Waals surface area contributed by atoms with Gasteiger partial charge in [-0.05, 0) is 180 Å². The zero-order valence-electron chi connectivity index (χ0n) is 77.1. The van der Waals surface area contributed by atoms with Gasteiger partial charge in [-0.25, -0.2) is 38.2 Å². The Morgan fingerprint density at radius 1 is 0.353 bits per heavy atom. The Morgan fingerprint density at radius 3 is 1.00 bits per heavy atom. The third-order valence-electron chi connectivity index (χ3n) is 19.1. The van der Waals surface area contributed by atoms with Crippen molar-refractivity contribution in [2.24, 2.45) is 34.1 Å². The van der Waals surface area contributed by atoms with Crippen molar-refractivity contribution < 1.29 is 59.2 Å². The molecule has 0 amide bonds. The number of furan rings is 4. The summed E-state index contributed by atoms with van der Waals surface area (Å²) in [6.45, 7) is 6.72. The van der Waals surface area contributed by atoms with E-state index in [2.05, 4.69) is 77.1 Å². The molecule has 102 heavy (non-hydrogen) atoms. The van der Waals surface area contributed by atoms with Gasteiger partial charge in [-0.2, -0.15) is 0 Å². The summed E-state index contributed by atoms with van der Waals surface area (Å²) in [6, 6.07) is 47.3. The highest BCUT2D eigenvalue weighted by atomic mass is 16.4. The number of fused-ring (bicyclic) bond motifs is 12. The number of hydrogen-bond donors (Lipinski definition) is 0. The summed E-state index contributed by atoms with van der Waals surface area (Å²) in [6.07, 6.45) is 8.42. The smallest absolute Gasteiger partial charge is 0.227 e. The predicted molar refractivity (Wildman–Crippen MR) is 416 cm³/mol. The van der Waals surface area contributed by atoms with Crippen molar-refractivity contribution in [1.82, 2.24) is 19.9 Å². The number of hydrogen-bond acceptors (Lipinski definition) is 8. The number of rotatable bonds is 12. The number of benzene rings is 4. The Bertz CT molecular complexity index is 6600. The van der Waals surface area contributed by atoms with Gasteiger partial charge in [-0.15, -0.1) is 0 Å². The first-order chi connectivity index (χ1) is 55.6. The lowest BCUT2D eigenvalue weighted by Gasteiger charge is -2.06. The van der Waals surface area contributed by atoms with Crippen LogP contribution in [0.15, 0.2) is 188 Å². The van der Waals surface area contributed by atoms with E-state index in [-0.39, 0.29) is 32.1 Å². The van der Waals surface area contributed by atoms with Crippen LogP contribution in [0.5, 0.6) is 0 Å². The highest BCUT2D eigenvalue weighted by Gasteiger charge is 2.27. The van der Waals surface area contributed by atoms with E-state index in [1.54, 1.807) is 19.9 Å². The largest absolute Gasteiger partial charge is 0.437 e. The molecule has 0 aliphatic carbocycles. The fraction of sp³-hybridized carbons (Fsp3) is 0.289. The fourth-order valence-electron chi connectivity index (χ4n) is 13.7. The van der Waals surface area contributed by atoms with Crippen molar-refractivity contribution in [3.05, 3.63) is 238 Å². The minimum atomic E-state index is -2.43. The Hall–Kier alpha value is -10.7. The number of aryl methyl sites for hydroxylation is 14. The summed E-state index contributed by atoms with van der Waals surface area (Å²) < 4.78 is 162. The molecular weight excluding hydrogens is 1260 g/mol. The van der Waals surface area contributed by atoms with Crippen LogP contribution < -0.4 is 18.3 Å². The monoisotopic (exact) mass is 1370 g/mol. The van der Waals surface area contributed by atoms with E-state index in [0.29, 0.717) is 39.8 Å². The maximum atomic E-state index is 8.26. The van der Waals surface area contributed by atoms with Crippen LogP contribution in [0, 0.1) is 40.5 Å². The molecule has 12 nitrogen and oxygen atoms in total. The van der Waals surface area contributed by atoms with Crippen molar-refractivity contribution in [3.63, 3.8) is 0 Å². The molecule has 0 aliphatic rings. The molecule has 12 aromatic heterocycles. The Balaban J connectivity index is 0.000000138. The SMILES string of the molecule is [2H]C([2H])([2H])Cc1ccc(-c2c(C)ccc3c2oc2nc(C([2H])(C)C)ccc23)[n+](C)c1.[2H]C([2H])([2H])Cc1ccc(-c2c(C)ccc3c2oc2nc(C)ccc23)[n+](C)c1.[2H]C([2H])([2H])Cc1ccc(-c2c(C)ccc3c2oc2nc(CC([2H])(C)C([2H])([2H])[2H])ccc23)[n+](C)c1.[2H]C([2H])([2H])Cc1ccc(-c2c(C)ccc3c2oc2nc(CC)ccc23)[n+](C)c1. The predicted octanol–water partition coefficient (Wildman–Crippen LogP) is 20.6. The van der Waals surface area contributed by atoms with Gasteiger partial charge in [0.05, 0.1) is 22.3 Å². The molecule has 12 heterocycles. The van der Waals surface area contributed by atoms with E-state index in [1.165, 1.54) is 6.92 Å². The number of pyridine rings is 8. The number of nitrogens with zero attached hydrogens (tertiary/aromatic N) is 8. The molecule has 12 heteroatoms. The maximum Gasteiger partial charge on any atom is 0.227 e. The molecule has 0 saturated carbocycles. The lowest BCUT2D eigenvalue weighted by Crippen LogP contribution is -2.31. The third kappa shape index (κ3) is 13.5. The molecule has 0 aliphatic heterocycles. The fourth-order valence-corrected chi connectivity index (χ4v) is 13.7. The van der Waals surface area contributed by atoms with E-state index in [4.69, 9.17) is 41.0 Å². The topological polar surface area (TPSA) is 120 Å². The molecule has 0 radical (unpaired) electrons. The molecule has 0 fully saturated rings. The van der Waals surface area contributed by atoms with Crippen molar-refractivity contribution in [3.8, 4) is 45.0 Å². The summed E-state index contributed by atoms with van der Waals surface area (Å²) in [4.78, 5) is 18.3. The second-order valence-corrected chi connectivity index (χ2v) is 26.8. The minimum Gasteiger partial charge on any atom is -0.437 e. The van der Waals surface area contributed by atoms with Gasteiger partial charge < -0.3 is 17.7 Å². The lowest BCUT2D eigenvalue weighted by atomic mass is 10.00. The molecule has 1 atom stereocenters. The molecule has 0 N–H and O–H groups in total. The molecule has 1 unspecified atom stereocenters. The van der Waals surface area contributed by atoms with Gasteiger partial charge in [0.1, 0.15) is 28.2 Å². The van der Waals surface area contributed by atoms with Crippen LogP contribution in [0.2, 0.25) is 0 Å². The van der Waals surface area contributed by atoms with Gasteiger partial charge in [0, 0.05) is 136 Å². The van der Waals surface area contributed by atoms with Crippen molar-refractivity contribution in [2.75, 3.05) is 0 Å². The average Bonchev–Trinajstić information content (AvgIpc) is 1.62. The minimum absolute atomic E-state index is 0.00714. The summed E-state index contributed by atoms with van der Waals surface area (Å²) in [5.41, 5.74) is 23.2. The second kappa shape index (κ2) is 29.1. The Morgan fingerprint density at radius 2 is 0.667 bits per heavy atom. The zero-order valence-corrected chi connectivity index (χ0v) is 60.1. The van der Waals surface area contributed by atoms with Crippen molar-refractivity contribution >= 4 is 88.3 Å². The van der Waals surface area contributed by atoms with Crippen LogP contribution in [0.3, 0.4) is 0 Å². The van der Waals surface area contributed by atoms with Crippen LogP contribution in [0.4, 0.5) is 0 Å². The first-order valence-electron chi connectivity index (χ1n) is 42.8. The molecule has 4 aromatic carbocycles. The molecule has 0 spiro atoms. The van der Waals surface area contributed by atoms with Gasteiger partial charge in [0.2, 0.25) is 45.6 Å². The quantitative estimate of drug-likeness (QED) is 0.111. The summed E-state index contributed by atoms with van der Waals surface area (Å²) in [5.74, 6) is -2.47. The van der Waals surface area contributed by atoms with Gasteiger partial charge >= 0.3 is 0 Å². The van der Waals surface area contributed by atoms with E-state index in [0.717, 1.165) is 167 Å². The van der Waals surface area contributed by atoms with Crippen LogP contribution in [0.25, 0.3) is 133 Å². The summed E-state index contributed by atoms with van der Waals surface area (Å²) in [7, 11) is 7.66. The van der Waals surface area contributed by atoms with Crippen LogP contribution in [-0.4, -0.2) is 19.9 Å².